The van der Waals surface area contributed by atoms with Gasteiger partial charge in [0, 0.05) is 0 Å². The van der Waals surface area contributed by atoms with Crippen LogP contribution in [0, 0.1) is 0 Å². The van der Waals surface area contributed by atoms with Gasteiger partial charge in [-0.2, -0.15) is 0 Å². The Hall–Kier alpha value is 0.719. The van der Waals surface area contributed by atoms with E-state index in [1.165, 1.54) is 4.44 Å². The molecule has 0 fully saturated rings. The molecule has 0 aliphatic carbocycles. The number of hydrogen-bond donors (Lipinski definition) is 0. The van der Waals surface area contributed by atoms with Crippen LogP contribution in [0.15, 0.2) is 0 Å². The van der Waals surface area contributed by atoms with Crippen molar-refractivity contribution in [2.45, 2.75) is 95.9 Å². The molecule has 0 amide bonds. The summed E-state index contributed by atoms with van der Waals surface area (Å²) in [6, 6.07) is 2.63. The summed E-state index contributed by atoms with van der Waals surface area (Å²) in [6.07, 6.45) is 0. The second kappa shape index (κ2) is 7.49. The molecule has 0 heterocycles. The zero-order chi connectivity index (χ0) is 14.7. The Labute approximate surface area is 121 Å². The monoisotopic (exact) mass is 364 g/mol. The van der Waals surface area contributed by atoms with Gasteiger partial charge >= 0.3 is 121 Å². The van der Waals surface area contributed by atoms with Gasteiger partial charge in [0.05, 0.1) is 0 Å². The van der Waals surface area contributed by atoms with Crippen LogP contribution in [-0.2, 0) is 0 Å². The first-order valence-electron chi connectivity index (χ1n) is 7.66. The Morgan fingerprint density at radius 1 is 0.667 bits per heavy atom. The second-order valence-electron chi connectivity index (χ2n) is 6.76. The molecule has 2 nitrogen and oxygen atoms in total. The van der Waals surface area contributed by atoms with E-state index < -0.39 is 18.9 Å². The van der Waals surface area contributed by atoms with E-state index in [0.717, 1.165) is 0 Å². The molecule has 0 spiro atoms. The number of nitrogens with zero attached hydrogens (tertiary/aromatic N) is 2. The second-order valence-corrected chi connectivity index (χ2v) is 18.7. The maximum absolute atomic E-state index is 2.87. The van der Waals surface area contributed by atoms with Crippen molar-refractivity contribution in [3.05, 3.63) is 0 Å². The van der Waals surface area contributed by atoms with Gasteiger partial charge in [-0.05, 0) is 0 Å². The summed E-state index contributed by atoms with van der Waals surface area (Å²) >= 11 is -2.44. The van der Waals surface area contributed by atoms with E-state index in [2.05, 4.69) is 73.5 Å². The van der Waals surface area contributed by atoms with Crippen molar-refractivity contribution < 1.29 is 0 Å². The zero-order valence-electron chi connectivity index (χ0n) is 14.4. The molecule has 0 rings (SSSR count). The fourth-order valence-electron chi connectivity index (χ4n) is 3.92. The van der Waals surface area contributed by atoms with Gasteiger partial charge in [0.25, 0.3) is 0 Å². The Bertz CT molecular complexity index is 201. The van der Waals surface area contributed by atoms with Crippen LogP contribution in [0.4, 0.5) is 0 Å². The molecule has 3 heteroatoms. The quantitative estimate of drug-likeness (QED) is 0.622. The van der Waals surface area contributed by atoms with E-state index in [4.69, 9.17) is 0 Å². The van der Waals surface area contributed by atoms with Crippen LogP contribution in [0.2, 0.25) is 9.38 Å². The molecule has 0 aliphatic heterocycles. The summed E-state index contributed by atoms with van der Waals surface area (Å²) in [5.74, 6) is 0. The Morgan fingerprint density at radius 3 is 1.00 bits per heavy atom. The molecule has 0 saturated heterocycles. The van der Waals surface area contributed by atoms with Crippen LogP contribution in [0.25, 0.3) is 0 Å². The molecule has 0 bridgehead atoms. The Kier molecular flexibility index (Phi) is 7.79. The molecule has 0 aromatic carbocycles. The molecular weight excluding hydrogens is 327 g/mol. The van der Waals surface area contributed by atoms with E-state index in [0.29, 0.717) is 24.2 Å². The molecule has 0 aromatic rings. The molecule has 0 aliphatic rings. The summed E-state index contributed by atoms with van der Waals surface area (Å²) in [5, 5.41) is 0. The third kappa shape index (κ3) is 4.11. The Morgan fingerprint density at radius 2 is 0.889 bits per heavy atom. The summed E-state index contributed by atoms with van der Waals surface area (Å²) < 4.78 is 7.10. The van der Waals surface area contributed by atoms with E-state index in [-0.39, 0.29) is 0 Å². The van der Waals surface area contributed by atoms with Crippen LogP contribution < -0.4 is 0 Å². The van der Waals surface area contributed by atoms with Crippen molar-refractivity contribution in [2.24, 2.45) is 0 Å². The maximum atomic E-state index is 2.87. The summed E-state index contributed by atoms with van der Waals surface area (Å²) in [4.78, 5) is 2.62. The first-order valence-corrected chi connectivity index (χ1v) is 15.1. The van der Waals surface area contributed by atoms with Gasteiger partial charge in [-0.1, -0.05) is 0 Å². The van der Waals surface area contributed by atoms with Crippen molar-refractivity contribution in [3.8, 4) is 0 Å². The van der Waals surface area contributed by atoms with Gasteiger partial charge in [-0.25, -0.2) is 0 Å². The standard InChI is InChI=1S/2C6H14N.C2H5.CH3.Sn/c2*1-5(2)7-6(3)4;1-2;;/h2*5-6H,1-4H3;1H2,2H3;1H3;/q2*-1;;;+2. The molecule has 18 heavy (non-hydrogen) atoms. The molecule has 0 aromatic heterocycles. The van der Waals surface area contributed by atoms with E-state index in [1.54, 1.807) is 0 Å². The van der Waals surface area contributed by atoms with Crippen molar-refractivity contribution in [1.29, 1.82) is 0 Å². The minimum atomic E-state index is -2.44. The number of rotatable bonds is 7. The fourth-order valence-corrected chi connectivity index (χ4v) is 19.5. The molecule has 0 unspecified atom stereocenters. The van der Waals surface area contributed by atoms with Gasteiger partial charge in [-0.3, -0.25) is 0 Å². The average Bonchev–Trinajstić information content (AvgIpc) is 2.14. The topological polar surface area (TPSA) is 6.48 Å². The fraction of sp³-hybridized carbons (Fsp3) is 1.00. The van der Waals surface area contributed by atoms with E-state index in [9.17, 15) is 0 Å². The van der Waals surface area contributed by atoms with Gasteiger partial charge in [0.15, 0.2) is 0 Å². The summed E-state index contributed by atoms with van der Waals surface area (Å²) in [7, 11) is 0. The number of hydrogen-bond acceptors (Lipinski definition) is 2. The van der Waals surface area contributed by atoms with Crippen LogP contribution >= 0.6 is 0 Å². The van der Waals surface area contributed by atoms with Crippen molar-refractivity contribution in [2.75, 3.05) is 0 Å². The SMILES string of the molecule is C[CH2][Sn]([CH3])([N](C(C)C)C(C)C)[N](C(C)C)C(C)C. The van der Waals surface area contributed by atoms with Crippen LogP contribution in [-0.4, -0.2) is 49.3 Å². The van der Waals surface area contributed by atoms with Crippen LogP contribution in [0.3, 0.4) is 0 Å². The van der Waals surface area contributed by atoms with Gasteiger partial charge in [0.1, 0.15) is 0 Å². The van der Waals surface area contributed by atoms with Crippen LogP contribution in [0.1, 0.15) is 62.3 Å². The van der Waals surface area contributed by atoms with Gasteiger partial charge in [-0.15, -0.1) is 0 Å². The first kappa shape index (κ1) is 18.7. The van der Waals surface area contributed by atoms with Crippen molar-refractivity contribution >= 4 is 18.9 Å². The zero-order valence-corrected chi connectivity index (χ0v) is 17.3. The Balaban J connectivity index is 5.53. The summed E-state index contributed by atoms with van der Waals surface area (Å²) in [6.45, 7) is 21.3. The van der Waals surface area contributed by atoms with E-state index in [1.807, 2.05) is 0 Å². The van der Waals surface area contributed by atoms with Crippen LogP contribution in [0.5, 0.6) is 0 Å². The van der Waals surface area contributed by atoms with Crippen molar-refractivity contribution in [1.82, 2.24) is 6.24 Å². The molecule has 0 N–H and O–H groups in total. The van der Waals surface area contributed by atoms with Gasteiger partial charge < -0.3 is 0 Å². The molecule has 0 saturated carbocycles. The average molecular weight is 363 g/mol. The first-order chi connectivity index (χ1) is 8.09. The molecule has 0 radical (unpaired) electrons. The minimum absolute atomic E-state index is 0.658. The predicted octanol–water partition coefficient (Wildman–Crippen LogP) is 4.32. The van der Waals surface area contributed by atoms with Crippen molar-refractivity contribution in [3.63, 3.8) is 0 Å². The third-order valence-electron chi connectivity index (χ3n) is 4.01. The summed E-state index contributed by atoms with van der Waals surface area (Å²) in [5.41, 5.74) is 0. The predicted molar refractivity (Wildman–Crippen MR) is 86.3 cm³/mol. The van der Waals surface area contributed by atoms with Gasteiger partial charge in [0.2, 0.25) is 0 Å². The normalized spacial score (nSPS) is 14.0. The molecule has 110 valence electrons. The molecule has 0 atom stereocenters. The van der Waals surface area contributed by atoms with E-state index >= 15 is 0 Å². The third-order valence-corrected chi connectivity index (χ3v) is 20.1. The molecular formula is C15H36N2Sn.